The Morgan fingerprint density at radius 3 is 2.83 bits per heavy atom. The van der Waals surface area contributed by atoms with Gasteiger partial charge in [-0.15, -0.1) is 21.5 Å². The minimum absolute atomic E-state index is 0.317. The van der Waals surface area contributed by atoms with Gasteiger partial charge in [-0.2, -0.15) is 4.98 Å². The lowest BCUT2D eigenvalue weighted by Gasteiger charge is -2.27. The maximum absolute atomic E-state index is 13.9. The zero-order valence-corrected chi connectivity index (χ0v) is 17.4. The van der Waals surface area contributed by atoms with Crippen molar-refractivity contribution in [2.75, 3.05) is 31.2 Å². The Balaban J connectivity index is 1.42. The molecule has 1 aliphatic heterocycles. The predicted octanol–water partition coefficient (Wildman–Crippen LogP) is 3.65. The molecule has 30 heavy (non-hydrogen) atoms. The van der Waals surface area contributed by atoms with Crippen molar-refractivity contribution in [3.05, 3.63) is 53.5 Å². The molecule has 0 unspecified atom stereocenters. The summed E-state index contributed by atoms with van der Waals surface area (Å²) in [6.45, 7) is 2.63. The number of anilines is 1. The molecule has 0 spiro atoms. The van der Waals surface area contributed by atoms with Gasteiger partial charge in [-0.05, 0) is 29.6 Å². The molecule has 4 aromatic rings. The topological polar surface area (TPSA) is 82.1 Å². The fourth-order valence-electron chi connectivity index (χ4n) is 3.11. The number of morpholine rings is 1. The average molecular weight is 445 g/mol. The van der Waals surface area contributed by atoms with E-state index in [9.17, 15) is 4.39 Å². The molecule has 4 heterocycles. The van der Waals surface area contributed by atoms with E-state index in [1.165, 1.54) is 23.9 Å². The van der Waals surface area contributed by atoms with Crippen LogP contribution in [0.25, 0.3) is 16.4 Å². The third-order valence-corrected chi connectivity index (χ3v) is 6.29. The maximum Gasteiger partial charge on any atom is 0.237 e. The van der Waals surface area contributed by atoms with E-state index in [2.05, 4.69) is 25.2 Å². The Morgan fingerprint density at radius 2 is 2.03 bits per heavy atom. The van der Waals surface area contributed by atoms with Crippen LogP contribution in [0.2, 0.25) is 0 Å². The molecule has 11 heteroatoms. The van der Waals surface area contributed by atoms with Gasteiger partial charge in [0.1, 0.15) is 5.82 Å². The molecule has 0 N–H and O–H groups in total. The van der Waals surface area contributed by atoms with Crippen molar-refractivity contribution in [1.29, 1.82) is 0 Å². The fourth-order valence-corrected chi connectivity index (χ4v) is 4.54. The van der Waals surface area contributed by atoms with Gasteiger partial charge in [0.05, 0.1) is 29.5 Å². The standard InChI is InChI=1S/C19H17FN6O2S2/c20-13-3-1-4-14(11-13)26-18(25-6-8-27-9-7-25)22-23-19(26)30-12-16-21-17(24-28-16)15-5-2-10-29-15/h1-5,10-11H,6-9,12H2. The van der Waals surface area contributed by atoms with Gasteiger partial charge in [-0.1, -0.05) is 29.1 Å². The number of benzene rings is 1. The van der Waals surface area contributed by atoms with Gasteiger partial charge in [0.25, 0.3) is 0 Å². The minimum atomic E-state index is -0.317. The molecule has 0 aliphatic carbocycles. The van der Waals surface area contributed by atoms with Crippen LogP contribution in [0.5, 0.6) is 0 Å². The predicted molar refractivity (Wildman–Crippen MR) is 112 cm³/mol. The molecule has 0 bridgehead atoms. The highest BCUT2D eigenvalue weighted by Crippen LogP contribution is 2.30. The van der Waals surface area contributed by atoms with Crippen LogP contribution in [0.4, 0.5) is 10.3 Å². The molecule has 0 atom stereocenters. The van der Waals surface area contributed by atoms with Gasteiger partial charge < -0.3 is 14.2 Å². The molecule has 3 aromatic heterocycles. The lowest BCUT2D eigenvalue weighted by Crippen LogP contribution is -2.37. The summed E-state index contributed by atoms with van der Waals surface area (Å²) < 4.78 is 26.6. The second kappa shape index (κ2) is 8.54. The summed E-state index contributed by atoms with van der Waals surface area (Å²) in [5.74, 6) is 1.83. The SMILES string of the molecule is Fc1cccc(-n2c(SCc3nc(-c4cccs4)no3)nnc2N2CCOCC2)c1. The number of ether oxygens (including phenoxy) is 1. The summed E-state index contributed by atoms with van der Waals surface area (Å²) >= 11 is 2.97. The van der Waals surface area contributed by atoms with Crippen LogP contribution in [0.1, 0.15) is 5.89 Å². The number of nitrogens with zero attached hydrogens (tertiary/aromatic N) is 6. The maximum atomic E-state index is 13.9. The molecule has 5 rings (SSSR count). The van der Waals surface area contributed by atoms with E-state index in [4.69, 9.17) is 9.26 Å². The van der Waals surface area contributed by atoms with Gasteiger partial charge in [-0.3, -0.25) is 4.57 Å². The van der Waals surface area contributed by atoms with E-state index in [0.717, 1.165) is 4.88 Å². The number of thiophene rings is 1. The third-order valence-electron chi connectivity index (χ3n) is 4.51. The first kappa shape index (κ1) is 19.2. The fraction of sp³-hybridized carbons (Fsp3) is 0.263. The van der Waals surface area contributed by atoms with Crippen molar-refractivity contribution in [3.8, 4) is 16.4 Å². The number of hydrogen-bond acceptors (Lipinski definition) is 9. The first-order chi connectivity index (χ1) is 14.8. The Hall–Kier alpha value is -2.76. The molecule has 1 fully saturated rings. The third kappa shape index (κ3) is 3.95. The Morgan fingerprint density at radius 1 is 1.13 bits per heavy atom. The van der Waals surface area contributed by atoms with Gasteiger partial charge in [0.15, 0.2) is 5.16 Å². The summed E-state index contributed by atoms with van der Waals surface area (Å²) in [6, 6.07) is 10.3. The number of aromatic nitrogens is 5. The highest BCUT2D eigenvalue weighted by Gasteiger charge is 2.22. The van der Waals surface area contributed by atoms with Crippen LogP contribution in [0, 0.1) is 5.82 Å². The number of rotatable bonds is 6. The van der Waals surface area contributed by atoms with Gasteiger partial charge in [0.2, 0.25) is 17.7 Å². The van der Waals surface area contributed by atoms with E-state index < -0.39 is 0 Å². The molecule has 1 aromatic carbocycles. The minimum Gasteiger partial charge on any atom is -0.378 e. The highest BCUT2D eigenvalue weighted by atomic mass is 32.2. The quantitative estimate of drug-likeness (QED) is 0.417. The zero-order valence-electron chi connectivity index (χ0n) is 15.8. The normalized spacial score (nSPS) is 14.4. The van der Waals surface area contributed by atoms with Gasteiger partial charge >= 0.3 is 0 Å². The lowest BCUT2D eigenvalue weighted by molar-refractivity contribution is 0.122. The van der Waals surface area contributed by atoms with Crippen LogP contribution in [0.3, 0.4) is 0 Å². The van der Waals surface area contributed by atoms with Gasteiger partial charge in [-0.25, -0.2) is 4.39 Å². The summed E-state index contributed by atoms with van der Waals surface area (Å²) in [4.78, 5) is 7.49. The largest absolute Gasteiger partial charge is 0.378 e. The molecule has 0 saturated carbocycles. The second-order valence-electron chi connectivity index (χ2n) is 6.47. The molecular weight excluding hydrogens is 427 g/mol. The van der Waals surface area contributed by atoms with Crippen molar-refractivity contribution < 1.29 is 13.7 Å². The summed E-state index contributed by atoms with van der Waals surface area (Å²) in [7, 11) is 0. The molecule has 1 saturated heterocycles. The number of halogens is 1. The molecular formula is C19H17FN6O2S2. The summed E-state index contributed by atoms with van der Waals surface area (Å²) in [5.41, 5.74) is 0.661. The summed E-state index contributed by atoms with van der Waals surface area (Å²) in [6.07, 6.45) is 0. The first-order valence-electron chi connectivity index (χ1n) is 9.31. The average Bonchev–Trinajstić information content (AvgIpc) is 3.53. The Kier molecular flexibility index (Phi) is 5.47. The van der Waals surface area contributed by atoms with Crippen molar-refractivity contribution in [2.45, 2.75) is 10.9 Å². The van der Waals surface area contributed by atoms with Crippen LogP contribution >= 0.6 is 23.1 Å². The van der Waals surface area contributed by atoms with Crippen molar-refractivity contribution in [1.82, 2.24) is 24.9 Å². The highest BCUT2D eigenvalue weighted by molar-refractivity contribution is 7.98. The van der Waals surface area contributed by atoms with Crippen molar-refractivity contribution in [2.24, 2.45) is 0 Å². The van der Waals surface area contributed by atoms with Crippen LogP contribution in [-0.4, -0.2) is 51.2 Å². The molecule has 1 aliphatic rings. The Labute approximate surface area is 179 Å². The van der Waals surface area contributed by atoms with Crippen LogP contribution in [0.15, 0.2) is 51.5 Å². The first-order valence-corrected chi connectivity index (χ1v) is 11.2. The Bertz CT molecular complexity index is 1120. The zero-order chi connectivity index (χ0) is 20.3. The molecule has 8 nitrogen and oxygen atoms in total. The number of hydrogen-bond donors (Lipinski definition) is 0. The van der Waals surface area contributed by atoms with E-state index in [-0.39, 0.29) is 5.82 Å². The lowest BCUT2D eigenvalue weighted by atomic mass is 10.3. The molecule has 0 radical (unpaired) electrons. The van der Waals surface area contributed by atoms with E-state index in [0.29, 0.717) is 60.6 Å². The van der Waals surface area contributed by atoms with E-state index in [1.807, 2.05) is 28.1 Å². The smallest absolute Gasteiger partial charge is 0.237 e. The van der Waals surface area contributed by atoms with E-state index >= 15 is 0 Å². The van der Waals surface area contributed by atoms with Crippen LogP contribution in [-0.2, 0) is 10.5 Å². The van der Waals surface area contributed by atoms with Crippen LogP contribution < -0.4 is 4.90 Å². The van der Waals surface area contributed by atoms with Crippen molar-refractivity contribution >= 4 is 29.0 Å². The van der Waals surface area contributed by atoms with E-state index in [1.54, 1.807) is 17.4 Å². The van der Waals surface area contributed by atoms with Gasteiger partial charge in [0, 0.05) is 13.1 Å². The monoisotopic (exact) mass is 444 g/mol. The second-order valence-corrected chi connectivity index (χ2v) is 8.37. The molecule has 0 amide bonds. The molecule has 154 valence electrons. The van der Waals surface area contributed by atoms with Crippen molar-refractivity contribution in [3.63, 3.8) is 0 Å². The summed E-state index contributed by atoms with van der Waals surface area (Å²) in [5, 5.41) is 15.4. The number of thioether (sulfide) groups is 1.